The number of nitrogens with two attached hydrogens (primary N) is 1. The van der Waals surface area contributed by atoms with Gasteiger partial charge in [-0.15, -0.1) is 0 Å². The number of aromatic nitrogens is 2. The monoisotopic (exact) mass is 309 g/mol. The van der Waals surface area contributed by atoms with Gasteiger partial charge in [0.25, 0.3) is 0 Å². The maximum absolute atomic E-state index is 5.82. The van der Waals surface area contributed by atoms with E-state index in [4.69, 9.17) is 15.2 Å². The molecule has 0 fully saturated rings. The Morgan fingerprint density at radius 2 is 2.11 bits per heavy atom. The standard InChI is InChI=1S/C12H12BrN3O2/c13-9-4-7(8-6-15-16-12(8)14)5-10-11(9)18-3-1-2-17-10/h4-6H,1-3H2,(H3,14,15,16). The Kier molecular flexibility index (Phi) is 2.87. The van der Waals surface area contributed by atoms with E-state index in [-0.39, 0.29) is 0 Å². The van der Waals surface area contributed by atoms with E-state index in [0.717, 1.165) is 33.5 Å². The molecule has 18 heavy (non-hydrogen) atoms. The highest BCUT2D eigenvalue weighted by molar-refractivity contribution is 9.10. The van der Waals surface area contributed by atoms with Crippen LogP contribution in [-0.4, -0.2) is 23.4 Å². The van der Waals surface area contributed by atoms with Gasteiger partial charge < -0.3 is 15.2 Å². The molecule has 1 aromatic heterocycles. The lowest BCUT2D eigenvalue weighted by Gasteiger charge is -2.11. The third kappa shape index (κ3) is 1.92. The molecule has 0 atom stereocenters. The number of aromatic amines is 1. The molecule has 6 heteroatoms. The highest BCUT2D eigenvalue weighted by Crippen LogP contribution is 2.41. The molecule has 1 aliphatic heterocycles. The third-order valence-corrected chi connectivity index (χ3v) is 3.37. The molecule has 1 aliphatic rings. The van der Waals surface area contributed by atoms with Gasteiger partial charge in [0.1, 0.15) is 5.82 Å². The summed E-state index contributed by atoms with van der Waals surface area (Å²) in [5.74, 6) is 2.02. The van der Waals surface area contributed by atoms with E-state index in [2.05, 4.69) is 26.1 Å². The molecular formula is C12H12BrN3O2. The molecule has 0 saturated carbocycles. The number of H-pyrrole nitrogens is 1. The molecular weight excluding hydrogens is 298 g/mol. The van der Waals surface area contributed by atoms with Crippen LogP contribution >= 0.6 is 15.9 Å². The fraction of sp³-hybridized carbons (Fsp3) is 0.250. The van der Waals surface area contributed by atoms with Crippen molar-refractivity contribution in [2.75, 3.05) is 18.9 Å². The molecule has 94 valence electrons. The minimum Gasteiger partial charge on any atom is -0.489 e. The lowest BCUT2D eigenvalue weighted by molar-refractivity contribution is 0.296. The van der Waals surface area contributed by atoms with Crippen LogP contribution in [0.2, 0.25) is 0 Å². The Bertz CT molecular complexity index is 583. The Morgan fingerprint density at radius 1 is 1.28 bits per heavy atom. The van der Waals surface area contributed by atoms with E-state index in [0.29, 0.717) is 19.0 Å². The summed E-state index contributed by atoms with van der Waals surface area (Å²) in [6, 6.07) is 3.88. The van der Waals surface area contributed by atoms with Crippen molar-refractivity contribution in [1.82, 2.24) is 10.2 Å². The summed E-state index contributed by atoms with van der Waals surface area (Å²) in [4.78, 5) is 0. The number of hydrogen-bond acceptors (Lipinski definition) is 4. The molecule has 0 saturated heterocycles. The van der Waals surface area contributed by atoms with Gasteiger partial charge in [0.2, 0.25) is 0 Å². The number of hydrogen-bond donors (Lipinski definition) is 2. The fourth-order valence-corrected chi connectivity index (χ4v) is 2.47. The van der Waals surface area contributed by atoms with Crippen LogP contribution in [0.3, 0.4) is 0 Å². The van der Waals surface area contributed by atoms with E-state index in [1.807, 2.05) is 12.1 Å². The molecule has 0 amide bonds. The van der Waals surface area contributed by atoms with E-state index in [1.165, 1.54) is 0 Å². The summed E-state index contributed by atoms with van der Waals surface area (Å²) in [5.41, 5.74) is 7.62. The summed E-state index contributed by atoms with van der Waals surface area (Å²) in [7, 11) is 0. The fourth-order valence-electron chi connectivity index (χ4n) is 1.91. The molecule has 2 aromatic rings. The van der Waals surface area contributed by atoms with Gasteiger partial charge in [-0.1, -0.05) is 0 Å². The van der Waals surface area contributed by atoms with Gasteiger partial charge in [-0.25, -0.2) is 0 Å². The van der Waals surface area contributed by atoms with Crippen LogP contribution in [0.25, 0.3) is 11.1 Å². The molecule has 0 aliphatic carbocycles. The number of halogens is 1. The molecule has 5 nitrogen and oxygen atoms in total. The van der Waals surface area contributed by atoms with Gasteiger partial charge in [0, 0.05) is 12.0 Å². The highest BCUT2D eigenvalue weighted by Gasteiger charge is 2.17. The second-order valence-electron chi connectivity index (χ2n) is 4.03. The number of nitrogen functional groups attached to an aromatic ring is 1. The average molecular weight is 310 g/mol. The number of benzene rings is 1. The quantitative estimate of drug-likeness (QED) is 0.849. The van der Waals surface area contributed by atoms with E-state index < -0.39 is 0 Å². The number of fused-ring (bicyclic) bond motifs is 1. The van der Waals surface area contributed by atoms with Gasteiger partial charge in [0.05, 0.1) is 23.9 Å². The third-order valence-electron chi connectivity index (χ3n) is 2.78. The van der Waals surface area contributed by atoms with E-state index in [9.17, 15) is 0 Å². The van der Waals surface area contributed by atoms with Gasteiger partial charge in [-0.2, -0.15) is 5.10 Å². The summed E-state index contributed by atoms with van der Waals surface area (Å²) in [6.45, 7) is 1.32. The van der Waals surface area contributed by atoms with Crippen molar-refractivity contribution in [3.05, 3.63) is 22.8 Å². The number of ether oxygens (including phenoxy) is 2. The SMILES string of the molecule is Nc1[nH]ncc1-c1cc(Br)c2c(c1)OCCCO2. The van der Waals surface area contributed by atoms with Gasteiger partial charge in [-0.05, 0) is 33.6 Å². The maximum atomic E-state index is 5.82. The number of anilines is 1. The van der Waals surface area contributed by atoms with Crippen molar-refractivity contribution < 1.29 is 9.47 Å². The number of nitrogens with zero attached hydrogens (tertiary/aromatic N) is 1. The van der Waals surface area contributed by atoms with Gasteiger partial charge >= 0.3 is 0 Å². The first-order valence-corrected chi connectivity index (χ1v) is 6.43. The summed E-state index contributed by atoms with van der Waals surface area (Å²) in [5, 5.41) is 6.64. The van der Waals surface area contributed by atoms with Crippen molar-refractivity contribution in [3.63, 3.8) is 0 Å². The number of nitrogens with one attached hydrogen (secondary N) is 1. The Balaban J connectivity index is 2.11. The normalized spacial score (nSPS) is 14.3. The summed E-state index contributed by atoms with van der Waals surface area (Å²) >= 11 is 3.50. The Labute approximate surface area is 112 Å². The lowest BCUT2D eigenvalue weighted by Crippen LogP contribution is -1.97. The molecule has 1 aromatic carbocycles. The van der Waals surface area contributed by atoms with Crippen molar-refractivity contribution in [2.24, 2.45) is 0 Å². The van der Waals surface area contributed by atoms with Crippen LogP contribution in [0.1, 0.15) is 6.42 Å². The van der Waals surface area contributed by atoms with Crippen molar-refractivity contribution >= 4 is 21.7 Å². The molecule has 0 unspecified atom stereocenters. The smallest absolute Gasteiger partial charge is 0.175 e. The van der Waals surface area contributed by atoms with Crippen molar-refractivity contribution in [2.45, 2.75) is 6.42 Å². The largest absolute Gasteiger partial charge is 0.489 e. The highest BCUT2D eigenvalue weighted by atomic mass is 79.9. The molecule has 3 N–H and O–H groups in total. The first-order chi connectivity index (χ1) is 8.75. The number of rotatable bonds is 1. The topological polar surface area (TPSA) is 73.2 Å². The Morgan fingerprint density at radius 3 is 2.89 bits per heavy atom. The van der Waals surface area contributed by atoms with Gasteiger partial charge in [-0.3, -0.25) is 5.10 Å². The Hall–Kier alpha value is -1.69. The predicted octanol–water partition coefficient (Wildman–Crippen LogP) is 2.58. The molecule has 0 radical (unpaired) electrons. The average Bonchev–Trinajstić information content (AvgIpc) is 2.63. The first kappa shape index (κ1) is 11.4. The van der Waals surface area contributed by atoms with Crippen LogP contribution in [0.4, 0.5) is 5.82 Å². The molecule has 0 spiro atoms. The molecule has 2 heterocycles. The van der Waals surface area contributed by atoms with Crippen LogP contribution in [-0.2, 0) is 0 Å². The zero-order valence-corrected chi connectivity index (χ0v) is 11.2. The zero-order valence-electron chi connectivity index (χ0n) is 9.57. The van der Waals surface area contributed by atoms with Crippen LogP contribution < -0.4 is 15.2 Å². The lowest BCUT2D eigenvalue weighted by atomic mass is 10.1. The zero-order chi connectivity index (χ0) is 12.5. The minimum absolute atomic E-state index is 0.538. The van der Waals surface area contributed by atoms with Crippen molar-refractivity contribution in [3.8, 4) is 22.6 Å². The second kappa shape index (κ2) is 4.53. The van der Waals surface area contributed by atoms with Gasteiger partial charge in [0.15, 0.2) is 11.5 Å². The summed E-state index contributed by atoms with van der Waals surface area (Å²) in [6.07, 6.45) is 2.57. The van der Waals surface area contributed by atoms with E-state index >= 15 is 0 Å². The van der Waals surface area contributed by atoms with Crippen molar-refractivity contribution in [1.29, 1.82) is 0 Å². The summed E-state index contributed by atoms with van der Waals surface area (Å²) < 4.78 is 12.2. The molecule has 3 rings (SSSR count). The predicted molar refractivity (Wildman–Crippen MR) is 71.7 cm³/mol. The first-order valence-electron chi connectivity index (χ1n) is 5.64. The van der Waals surface area contributed by atoms with Crippen LogP contribution in [0.5, 0.6) is 11.5 Å². The maximum Gasteiger partial charge on any atom is 0.175 e. The second-order valence-corrected chi connectivity index (χ2v) is 4.89. The van der Waals surface area contributed by atoms with E-state index in [1.54, 1.807) is 6.20 Å². The minimum atomic E-state index is 0.538. The van der Waals surface area contributed by atoms with Crippen LogP contribution in [0.15, 0.2) is 22.8 Å². The van der Waals surface area contributed by atoms with Crippen LogP contribution in [0, 0.1) is 0 Å². The molecule has 0 bridgehead atoms.